The van der Waals surface area contributed by atoms with Gasteiger partial charge in [-0.25, -0.2) is 9.67 Å². The fraction of sp³-hybridized carbons (Fsp3) is 0.450. The highest BCUT2D eigenvalue weighted by atomic mass is 16.5. The van der Waals surface area contributed by atoms with Crippen LogP contribution in [0.4, 0.5) is 0 Å². The highest BCUT2D eigenvalue weighted by Gasteiger charge is 2.26. The summed E-state index contributed by atoms with van der Waals surface area (Å²) in [5.41, 5.74) is 2.70. The Morgan fingerprint density at radius 2 is 1.97 bits per heavy atom. The minimum absolute atomic E-state index is 0.0109. The van der Waals surface area contributed by atoms with Gasteiger partial charge in [0.1, 0.15) is 12.4 Å². The van der Waals surface area contributed by atoms with E-state index in [-0.39, 0.29) is 29.5 Å². The number of likely N-dealkylation sites (tertiary alicyclic amines) is 1. The smallest absolute Gasteiger partial charge is 0.281 e. The first-order valence-electron chi connectivity index (χ1n) is 9.71. The molecule has 1 aliphatic heterocycles. The van der Waals surface area contributed by atoms with Gasteiger partial charge >= 0.3 is 0 Å². The molecule has 9 nitrogen and oxygen atoms in total. The Labute approximate surface area is 167 Å². The van der Waals surface area contributed by atoms with Crippen molar-refractivity contribution in [2.75, 3.05) is 26.8 Å². The summed E-state index contributed by atoms with van der Waals surface area (Å²) in [6.07, 6.45) is 1.48. The molecule has 9 heteroatoms. The van der Waals surface area contributed by atoms with Crippen molar-refractivity contribution in [2.45, 2.75) is 32.2 Å². The summed E-state index contributed by atoms with van der Waals surface area (Å²) < 4.78 is 6.59. The topological polar surface area (TPSA) is 106 Å². The Morgan fingerprint density at radius 3 is 2.66 bits per heavy atom. The van der Waals surface area contributed by atoms with Gasteiger partial charge < -0.3 is 14.6 Å². The molecule has 0 saturated carbocycles. The minimum Gasteiger partial charge on any atom is -0.375 e. The van der Waals surface area contributed by atoms with Gasteiger partial charge in [0.05, 0.1) is 6.54 Å². The fourth-order valence-electron chi connectivity index (χ4n) is 3.67. The van der Waals surface area contributed by atoms with Gasteiger partial charge in [-0.15, -0.1) is 5.10 Å². The van der Waals surface area contributed by atoms with Crippen molar-refractivity contribution < 1.29 is 9.53 Å². The zero-order valence-electron chi connectivity index (χ0n) is 16.6. The number of amides is 1. The van der Waals surface area contributed by atoms with Crippen molar-refractivity contribution in [2.24, 2.45) is 0 Å². The molecule has 1 aromatic carbocycles. The van der Waals surface area contributed by atoms with Crippen LogP contribution in [0.2, 0.25) is 0 Å². The van der Waals surface area contributed by atoms with E-state index in [1.54, 1.807) is 9.58 Å². The zero-order chi connectivity index (χ0) is 20.4. The summed E-state index contributed by atoms with van der Waals surface area (Å²) in [5, 5.41) is 8.15. The maximum Gasteiger partial charge on any atom is 0.281 e. The van der Waals surface area contributed by atoms with Crippen LogP contribution in [-0.4, -0.2) is 62.6 Å². The molecule has 1 fully saturated rings. The molecule has 1 amide bonds. The van der Waals surface area contributed by atoms with Crippen LogP contribution in [0.25, 0.3) is 11.2 Å². The number of rotatable bonds is 5. The maximum absolute atomic E-state index is 12.5. The molecule has 3 heterocycles. The van der Waals surface area contributed by atoms with E-state index in [0.29, 0.717) is 31.1 Å². The van der Waals surface area contributed by atoms with Crippen molar-refractivity contribution in [3.8, 4) is 0 Å². The summed E-state index contributed by atoms with van der Waals surface area (Å²) in [6, 6.07) is 8.14. The Bertz CT molecular complexity index is 1060. The molecule has 0 bridgehead atoms. The first kappa shape index (κ1) is 19.3. The molecule has 29 heavy (non-hydrogen) atoms. The summed E-state index contributed by atoms with van der Waals surface area (Å²) in [6.45, 7) is 3.87. The maximum atomic E-state index is 12.5. The number of H-pyrrole nitrogens is 1. The molecule has 3 aromatic rings. The lowest BCUT2D eigenvalue weighted by atomic mass is 9.96. The Morgan fingerprint density at radius 1 is 1.24 bits per heavy atom. The first-order chi connectivity index (χ1) is 14.0. The van der Waals surface area contributed by atoms with E-state index in [1.165, 1.54) is 12.7 Å². The van der Waals surface area contributed by atoms with Crippen LogP contribution in [-0.2, 0) is 16.1 Å². The van der Waals surface area contributed by atoms with Crippen molar-refractivity contribution in [3.05, 3.63) is 51.6 Å². The van der Waals surface area contributed by atoms with E-state index in [0.717, 1.165) is 18.4 Å². The number of nitrogens with zero attached hydrogens (tertiary/aromatic N) is 5. The van der Waals surface area contributed by atoms with Crippen molar-refractivity contribution in [3.63, 3.8) is 0 Å². The Kier molecular flexibility index (Phi) is 5.39. The largest absolute Gasteiger partial charge is 0.375 e. The average molecular weight is 396 g/mol. The van der Waals surface area contributed by atoms with Gasteiger partial charge in [0.15, 0.2) is 11.2 Å². The second kappa shape index (κ2) is 8.12. The molecule has 0 radical (unpaired) electrons. The molecule has 0 atom stereocenters. The monoisotopic (exact) mass is 396 g/mol. The normalized spacial score (nSPS) is 15.2. The molecule has 1 saturated heterocycles. The van der Waals surface area contributed by atoms with E-state index in [1.807, 2.05) is 31.2 Å². The first-order valence-corrected chi connectivity index (χ1v) is 9.71. The highest BCUT2D eigenvalue weighted by molar-refractivity contribution is 5.77. The molecular weight excluding hydrogens is 372 g/mol. The lowest BCUT2D eigenvalue weighted by Crippen LogP contribution is -2.40. The molecule has 2 aromatic heterocycles. The predicted octanol–water partition coefficient (Wildman–Crippen LogP) is 1.22. The van der Waals surface area contributed by atoms with Crippen LogP contribution in [0.3, 0.4) is 0 Å². The van der Waals surface area contributed by atoms with Gasteiger partial charge in [-0.1, -0.05) is 35.0 Å². The van der Waals surface area contributed by atoms with Crippen LogP contribution >= 0.6 is 0 Å². The molecular formula is C20H24N6O3. The second-order valence-corrected chi connectivity index (χ2v) is 7.44. The number of ether oxygens (including phenoxy) is 1. The molecule has 4 rings (SSSR count). The van der Waals surface area contributed by atoms with Crippen LogP contribution in [0.1, 0.15) is 35.7 Å². The van der Waals surface area contributed by atoms with Crippen molar-refractivity contribution in [1.29, 1.82) is 0 Å². The third kappa shape index (κ3) is 4.04. The number of hydrogen-bond donors (Lipinski definition) is 1. The Balaban J connectivity index is 1.56. The van der Waals surface area contributed by atoms with Crippen LogP contribution in [0.15, 0.2) is 29.1 Å². The van der Waals surface area contributed by atoms with Gasteiger partial charge in [0.25, 0.3) is 5.56 Å². The molecule has 152 valence electrons. The lowest BCUT2D eigenvalue weighted by Gasteiger charge is -2.31. The number of piperidine rings is 1. The van der Waals surface area contributed by atoms with E-state index in [4.69, 9.17) is 9.72 Å². The molecule has 1 aliphatic rings. The van der Waals surface area contributed by atoms with E-state index >= 15 is 0 Å². The minimum atomic E-state index is -0.280. The van der Waals surface area contributed by atoms with E-state index in [9.17, 15) is 9.59 Å². The van der Waals surface area contributed by atoms with Crippen LogP contribution < -0.4 is 5.56 Å². The third-order valence-electron chi connectivity index (χ3n) is 5.35. The summed E-state index contributed by atoms with van der Waals surface area (Å²) in [4.78, 5) is 33.8. The number of benzene rings is 1. The number of carbonyl (C=O) groups excluding carboxylic acids is 1. The molecule has 0 aliphatic carbocycles. The van der Waals surface area contributed by atoms with Crippen molar-refractivity contribution in [1.82, 2.24) is 29.9 Å². The number of aromatic amines is 1. The summed E-state index contributed by atoms with van der Waals surface area (Å²) in [5.74, 6) is 0.707. The average Bonchev–Trinajstić information content (AvgIpc) is 3.13. The van der Waals surface area contributed by atoms with E-state index in [2.05, 4.69) is 15.3 Å². The number of fused-ring (bicyclic) bond motifs is 1. The van der Waals surface area contributed by atoms with Gasteiger partial charge in [-0.3, -0.25) is 9.59 Å². The summed E-state index contributed by atoms with van der Waals surface area (Å²) in [7, 11) is 1.52. The predicted molar refractivity (Wildman–Crippen MR) is 107 cm³/mol. The number of aromatic nitrogens is 5. The lowest BCUT2D eigenvalue weighted by molar-refractivity contribution is -0.136. The SMILES string of the molecule is COCC(=O)N1CCC(c2nc3c(nnn3Cc3ccc(C)cc3)c(=O)[nH]2)CC1. The second-order valence-electron chi connectivity index (χ2n) is 7.44. The van der Waals surface area contributed by atoms with E-state index < -0.39 is 0 Å². The zero-order valence-corrected chi connectivity index (χ0v) is 16.6. The van der Waals surface area contributed by atoms with Gasteiger partial charge in [0, 0.05) is 26.1 Å². The Hall–Kier alpha value is -3.07. The molecule has 1 N–H and O–H groups in total. The molecule has 0 spiro atoms. The molecule has 0 unspecified atom stereocenters. The highest BCUT2D eigenvalue weighted by Crippen LogP contribution is 2.25. The number of hydrogen-bond acceptors (Lipinski definition) is 6. The van der Waals surface area contributed by atoms with Gasteiger partial charge in [0.2, 0.25) is 5.91 Å². The number of methoxy groups -OCH3 is 1. The quantitative estimate of drug-likeness (QED) is 0.695. The third-order valence-corrected chi connectivity index (χ3v) is 5.35. The standard InChI is InChI=1S/C20H24N6O3/c1-13-3-5-14(6-4-13)11-26-19-17(23-24-26)20(28)22-18(21-19)15-7-9-25(10-8-15)16(27)12-29-2/h3-6,15H,7-12H2,1-2H3,(H,21,22,28). The van der Waals surface area contributed by atoms with Gasteiger partial charge in [-0.05, 0) is 25.3 Å². The van der Waals surface area contributed by atoms with Crippen LogP contribution in [0.5, 0.6) is 0 Å². The number of aryl methyl sites for hydroxylation is 1. The number of nitrogens with one attached hydrogen (secondary N) is 1. The fourth-order valence-corrected chi connectivity index (χ4v) is 3.67. The van der Waals surface area contributed by atoms with Crippen LogP contribution in [0, 0.1) is 6.92 Å². The van der Waals surface area contributed by atoms with Crippen molar-refractivity contribution >= 4 is 17.1 Å². The summed E-state index contributed by atoms with van der Waals surface area (Å²) >= 11 is 0. The number of carbonyl (C=O) groups is 1. The van der Waals surface area contributed by atoms with Gasteiger partial charge in [-0.2, -0.15) is 0 Å².